The number of hydrogen-bond donors (Lipinski definition) is 0. The third-order valence-electron chi connectivity index (χ3n) is 6.91. The molecule has 3 aromatic rings. The molecule has 2 fully saturated rings. The molecule has 34 heavy (non-hydrogen) atoms. The van der Waals surface area contributed by atoms with Crippen molar-refractivity contribution in [2.75, 3.05) is 44.3 Å². The van der Waals surface area contributed by atoms with Crippen LogP contribution in [0.4, 0.5) is 5.82 Å². The summed E-state index contributed by atoms with van der Waals surface area (Å²) in [5.74, 6) is 2.49. The van der Waals surface area contributed by atoms with E-state index < -0.39 is 5.41 Å². The second-order valence-electron chi connectivity index (χ2n) is 9.36. The Morgan fingerprint density at radius 2 is 1.74 bits per heavy atom. The maximum absolute atomic E-state index is 13.8. The van der Waals surface area contributed by atoms with Crippen LogP contribution in [0.25, 0.3) is 11.4 Å². The van der Waals surface area contributed by atoms with Gasteiger partial charge in [-0.05, 0) is 30.5 Å². The standard InChI is InChI=1S/C26H31N5O3/c1-19(2)24-28-23(29-34-24)20-8-9-22(27-18-20)30-12-14-31(15-13-30)25(32)26(10-16-33-17-11-26)21-6-4-3-5-7-21/h3-9,18-19H,10-17H2,1-2H3. The molecule has 2 aliphatic rings. The topological polar surface area (TPSA) is 84.6 Å². The van der Waals surface area contributed by atoms with Gasteiger partial charge >= 0.3 is 0 Å². The quantitative estimate of drug-likeness (QED) is 0.573. The number of carbonyl (C=O) groups is 1. The molecule has 1 amide bonds. The number of hydrogen-bond acceptors (Lipinski definition) is 7. The molecule has 0 atom stereocenters. The minimum absolute atomic E-state index is 0.189. The van der Waals surface area contributed by atoms with Gasteiger partial charge in [-0.15, -0.1) is 0 Å². The van der Waals surface area contributed by atoms with Crippen molar-refractivity contribution in [3.63, 3.8) is 0 Å². The van der Waals surface area contributed by atoms with Gasteiger partial charge in [0.15, 0.2) is 0 Å². The first-order valence-electron chi connectivity index (χ1n) is 12.0. The van der Waals surface area contributed by atoms with Gasteiger partial charge in [0.25, 0.3) is 0 Å². The van der Waals surface area contributed by atoms with Crippen molar-refractivity contribution in [2.24, 2.45) is 0 Å². The highest BCUT2D eigenvalue weighted by Gasteiger charge is 2.44. The number of rotatable bonds is 5. The van der Waals surface area contributed by atoms with Gasteiger partial charge in [0.2, 0.25) is 17.6 Å². The summed E-state index contributed by atoms with van der Waals surface area (Å²) < 4.78 is 10.9. The Morgan fingerprint density at radius 1 is 1.00 bits per heavy atom. The Hall–Kier alpha value is -3.26. The van der Waals surface area contributed by atoms with E-state index in [-0.39, 0.29) is 11.8 Å². The molecule has 0 radical (unpaired) electrons. The molecule has 2 aliphatic heterocycles. The van der Waals surface area contributed by atoms with Crippen LogP contribution >= 0.6 is 0 Å². The summed E-state index contributed by atoms with van der Waals surface area (Å²) in [4.78, 5) is 27.1. The van der Waals surface area contributed by atoms with Crippen LogP contribution < -0.4 is 4.90 Å². The number of anilines is 1. The van der Waals surface area contributed by atoms with Crippen LogP contribution in [-0.2, 0) is 14.9 Å². The molecule has 8 nitrogen and oxygen atoms in total. The Bertz CT molecular complexity index is 1100. The molecule has 0 saturated carbocycles. The lowest BCUT2D eigenvalue weighted by molar-refractivity contribution is -0.141. The zero-order valence-corrected chi connectivity index (χ0v) is 19.8. The number of amides is 1. The molecule has 5 rings (SSSR count). The van der Waals surface area contributed by atoms with Crippen molar-refractivity contribution in [1.29, 1.82) is 0 Å². The SMILES string of the molecule is CC(C)c1nc(-c2ccc(N3CCN(C(=O)C4(c5ccccc5)CCOCC4)CC3)nc2)no1. The predicted octanol–water partition coefficient (Wildman–Crippen LogP) is 3.65. The van der Waals surface area contributed by atoms with Crippen LogP contribution in [0.1, 0.15) is 44.1 Å². The monoisotopic (exact) mass is 461 g/mol. The highest BCUT2D eigenvalue weighted by atomic mass is 16.5. The highest BCUT2D eigenvalue weighted by Crippen LogP contribution is 2.37. The zero-order chi connectivity index (χ0) is 23.5. The Labute approximate surface area is 199 Å². The van der Waals surface area contributed by atoms with Crippen molar-refractivity contribution >= 4 is 11.7 Å². The van der Waals surface area contributed by atoms with Gasteiger partial charge in [0, 0.05) is 57.1 Å². The summed E-state index contributed by atoms with van der Waals surface area (Å²) in [6.45, 7) is 8.14. The largest absolute Gasteiger partial charge is 0.381 e. The van der Waals surface area contributed by atoms with Gasteiger partial charge in [0.05, 0.1) is 5.41 Å². The molecule has 1 aromatic carbocycles. The predicted molar refractivity (Wildman–Crippen MR) is 129 cm³/mol. The molecule has 4 heterocycles. The first kappa shape index (κ1) is 22.5. The fourth-order valence-electron chi connectivity index (χ4n) is 4.84. The van der Waals surface area contributed by atoms with E-state index >= 15 is 0 Å². The van der Waals surface area contributed by atoms with Gasteiger partial charge in [-0.2, -0.15) is 4.98 Å². The average molecular weight is 462 g/mol. The van der Waals surface area contributed by atoms with Gasteiger partial charge < -0.3 is 19.1 Å². The highest BCUT2D eigenvalue weighted by molar-refractivity contribution is 5.88. The zero-order valence-electron chi connectivity index (χ0n) is 19.8. The molecule has 0 N–H and O–H groups in total. The lowest BCUT2D eigenvalue weighted by Gasteiger charge is -2.43. The first-order valence-corrected chi connectivity index (χ1v) is 12.0. The average Bonchev–Trinajstić information content (AvgIpc) is 3.40. The molecule has 0 aliphatic carbocycles. The summed E-state index contributed by atoms with van der Waals surface area (Å²) in [6, 6.07) is 14.2. The molecule has 0 unspecified atom stereocenters. The van der Waals surface area contributed by atoms with E-state index in [4.69, 9.17) is 9.26 Å². The molecule has 8 heteroatoms. The molecule has 0 spiro atoms. The van der Waals surface area contributed by atoms with Crippen molar-refractivity contribution < 1.29 is 14.1 Å². The second kappa shape index (κ2) is 9.54. The number of carbonyl (C=O) groups excluding carboxylic acids is 1. The van der Waals surface area contributed by atoms with Gasteiger partial charge in [0.1, 0.15) is 5.82 Å². The number of ether oxygens (including phenoxy) is 1. The summed E-state index contributed by atoms with van der Waals surface area (Å²) in [6.07, 6.45) is 3.25. The van der Waals surface area contributed by atoms with E-state index in [9.17, 15) is 4.79 Å². The van der Waals surface area contributed by atoms with E-state index in [0.717, 1.165) is 42.9 Å². The van der Waals surface area contributed by atoms with E-state index in [2.05, 4.69) is 32.2 Å². The van der Waals surface area contributed by atoms with Gasteiger partial charge in [-0.3, -0.25) is 4.79 Å². The molecular weight excluding hydrogens is 430 g/mol. The summed E-state index contributed by atoms with van der Waals surface area (Å²) in [5.41, 5.74) is 1.45. The van der Waals surface area contributed by atoms with Crippen molar-refractivity contribution in [3.05, 3.63) is 60.1 Å². The van der Waals surface area contributed by atoms with Crippen LogP contribution in [0.5, 0.6) is 0 Å². The fourth-order valence-corrected chi connectivity index (χ4v) is 4.84. The van der Waals surface area contributed by atoms with E-state index in [1.165, 1.54) is 0 Å². The number of aromatic nitrogens is 3. The molecular formula is C26H31N5O3. The summed E-state index contributed by atoms with van der Waals surface area (Å²) >= 11 is 0. The number of nitrogens with zero attached hydrogens (tertiary/aromatic N) is 5. The van der Waals surface area contributed by atoms with E-state index in [1.54, 1.807) is 6.20 Å². The van der Waals surface area contributed by atoms with E-state index in [1.807, 2.05) is 49.1 Å². The maximum atomic E-state index is 13.8. The van der Waals surface area contributed by atoms with Crippen LogP contribution in [0.15, 0.2) is 53.2 Å². The van der Waals surface area contributed by atoms with Crippen molar-refractivity contribution in [3.8, 4) is 11.4 Å². The number of benzene rings is 1. The molecule has 2 aromatic heterocycles. The lowest BCUT2D eigenvalue weighted by Crippen LogP contribution is -2.56. The normalized spacial score (nSPS) is 18.3. The number of piperazine rings is 1. The van der Waals surface area contributed by atoms with Crippen LogP contribution in [-0.4, -0.2) is 65.3 Å². The van der Waals surface area contributed by atoms with Gasteiger partial charge in [-0.25, -0.2) is 4.98 Å². The minimum atomic E-state index is -0.485. The van der Waals surface area contributed by atoms with Crippen molar-refractivity contribution in [2.45, 2.75) is 38.0 Å². The summed E-state index contributed by atoms with van der Waals surface area (Å²) in [7, 11) is 0. The number of pyridine rings is 1. The third kappa shape index (κ3) is 4.30. The minimum Gasteiger partial charge on any atom is -0.381 e. The Balaban J connectivity index is 1.25. The fraction of sp³-hybridized carbons (Fsp3) is 0.462. The lowest BCUT2D eigenvalue weighted by atomic mass is 9.73. The molecule has 0 bridgehead atoms. The van der Waals surface area contributed by atoms with Crippen LogP contribution in [0.3, 0.4) is 0 Å². The van der Waals surface area contributed by atoms with Crippen LogP contribution in [0.2, 0.25) is 0 Å². The Kier molecular flexibility index (Phi) is 6.32. The second-order valence-corrected chi connectivity index (χ2v) is 9.36. The Morgan fingerprint density at radius 3 is 2.35 bits per heavy atom. The van der Waals surface area contributed by atoms with Crippen molar-refractivity contribution in [1.82, 2.24) is 20.0 Å². The summed E-state index contributed by atoms with van der Waals surface area (Å²) in [5, 5.41) is 4.06. The first-order chi connectivity index (χ1) is 16.6. The van der Waals surface area contributed by atoms with E-state index in [0.29, 0.717) is 38.0 Å². The smallest absolute Gasteiger partial charge is 0.233 e. The molecule has 178 valence electrons. The maximum Gasteiger partial charge on any atom is 0.233 e. The van der Waals surface area contributed by atoms with Gasteiger partial charge in [-0.1, -0.05) is 49.3 Å². The van der Waals surface area contributed by atoms with Crippen LogP contribution in [0, 0.1) is 0 Å². The third-order valence-corrected chi connectivity index (χ3v) is 6.91. The molecule has 2 saturated heterocycles.